The van der Waals surface area contributed by atoms with Gasteiger partial charge in [-0.05, 0) is 71.3 Å². The minimum Gasteiger partial charge on any atom is -0.490 e. The highest BCUT2D eigenvalue weighted by molar-refractivity contribution is 6.00. The lowest BCUT2D eigenvalue weighted by Gasteiger charge is -2.37. The molecule has 1 aromatic heterocycles. The topological polar surface area (TPSA) is 59.0 Å². The molecule has 0 saturated carbocycles. The molecule has 1 amide bonds. The summed E-state index contributed by atoms with van der Waals surface area (Å²) in [4.78, 5) is 18.5. The predicted molar refractivity (Wildman–Crippen MR) is 158 cm³/mol. The van der Waals surface area contributed by atoms with E-state index in [4.69, 9.17) is 9.47 Å². The number of halogens is 2. The monoisotopic (exact) mass is 558 g/mol. The Morgan fingerprint density at radius 2 is 1.92 bits per heavy atom. The Kier molecular flexibility index (Phi) is 15.5. The number of carbonyl (C=O) groups excluding carboxylic acids is 1. The highest BCUT2D eigenvalue weighted by atomic mass is 35.5. The number of methoxy groups -OCH3 is 1. The van der Waals surface area contributed by atoms with E-state index in [0.29, 0.717) is 6.61 Å². The molecule has 0 spiro atoms. The standard InChI is InChI=1S/C28H46N4O3.2ClH/c1-6-30(7-2)17-19-35-26-14-10-12-23-20-25(31(27(23)26)16-8-9-18-34-5)28(33)32(22(3)4)24-13-11-15-29-21-24;;/h10,12,14,20,22,24,29H,6-9,11,13,15-19,21H2,1-5H3;2*1H/t24-;;/m1../s1. The van der Waals surface area contributed by atoms with E-state index in [1.54, 1.807) is 7.11 Å². The zero-order valence-corrected chi connectivity index (χ0v) is 25.0. The number of para-hydroxylation sites is 1. The molecule has 1 N–H and O–H groups in total. The van der Waals surface area contributed by atoms with Crippen LogP contribution in [0.1, 0.15) is 63.9 Å². The smallest absolute Gasteiger partial charge is 0.271 e. The van der Waals surface area contributed by atoms with Crippen molar-refractivity contribution in [3.63, 3.8) is 0 Å². The number of unbranched alkanes of at least 4 members (excludes halogenated alkanes) is 1. The number of ether oxygens (including phenoxy) is 2. The highest BCUT2D eigenvalue weighted by Crippen LogP contribution is 2.31. The number of aryl methyl sites for hydroxylation is 1. The molecule has 2 aromatic rings. The number of carbonyl (C=O) groups is 1. The molecular formula is C28H48Cl2N4O3. The maximum atomic E-state index is 14.1. The number of benzene rings is 1. The number of hydrogen-bond acceptors (Lipinski definition) is 5. The van der Waals surface area contributed by atoms with Crippen molar-refractivity contribution in [1.29, 1.82) is 0 Å². The number of likely N-dealkylation sites (N-methyl/N-ethyl adjacent to an activating group) is 1. The average Bonchev–Trinajstić information content (AvgIpc) is 3.24. The van der Waals surface area contributed by atoms with Gasteiger partial charge in [-0.25, -0.2) is 0 Å². The first kappa shape index (κ1) is 33.5. The van der Waals surface area contributed by atoms with Crippen molar-refractivity contribution < 1.29 is 14.3 Å². The third-order valence-corrected chi connectivity index (χ3v) is 7.10. The van der Waals surface area contributed by atoms with Gasteiger partial charge in [0.15, 0.2) is 0 Å². The van der Waals surface area contributed by atoms with Gasteiger partial charge in [-0.15, -0.1) is 24.8 Å². The lowest BCUT2D eigenvalue weighted by atomic mass is 10.0. The molecule has 1 atom stereocenters. The largest absolute Gasteiger partial charge is 0.490 e. The summed E-state index contributed by atoms with van der Waals surface area (Å²) in [6.07, 6.45) is 4.05. The summed E-state index contributed by atoms with van der Waals surface area (Å²) in [6, 6.07) is 8.59. The van der Waals surface area contributed by atoms with Crippen LogP contribution in [0.5, 0.6) is 5.75 Å². The minimum absolute atomic E-state index is 0. The second-order valence-electron chi connectivity index (χ2n) is 9.76. The number of piperidine rings is 1. The molecule has 2 heterocycles. The zero-order chi connectivity index (χ0) is 25.2. The van der Waals surface area contributed by atoms with Crippen LogP contribution in [-0.4, -0.2) is 85.4 Å². The number of amides is 1. The van der Waals surface area contributed by atoms with Crippen molar-refractivity contribution in [1.82, 2.24) is 19.7 Å². The Morgan fingerprint density at radius 3 is 2.54 bits per heavy atom. The van der Waals surface area contributed by atoms with Crippen LogP contribution in [0, 0.1) is 0 Å². The van der Waals surface area contributed by atoms with Crippen LogP contribution in [0.4, 0.5) is 0 Å². The van der Waals surface area contributed by atoms with Gasteiger partial charge < -0.3 is 29.2 Å². The van der Waals surface area contributed by atoms with Crippen molar-refractivity contribution in [2.45, 2.75) is 72.0 Å². The fourth-order valence-corrected chi connectivity index (χ4v) is 5.18. The summed E-state index contributed by atoms with van der Waals surface area (Å²) >= 11 is 0. The summed E-state index contributed by atoms with van der Waals surface area (Å²) in [5, 5.41) is 4.54. The minimum atomic E-state index is 0. The van der Waals surface area contributed by atoms with Crippen molar-refractivity contribution in [3.8, 4) is 5.75 Å². The fourth-order valence-electron chi connectivity index (χ4n) is 5.18. The van der Waals surface area contributed by atoms with E-state index in [-0.39, 0.29) is 42.8 Å². The summed E-state index contributed by atoms with van der Waals surface area (Å²) in [5.41, 5.74) is 1.79. The maximum Gasteiger partial charge on any atom is 0.271 e. The highest BCUT2D eigenvalue weighted by Gasteiger charge is 2.31. The van der Waals surface area contributed by atoms with Crippen LogP contribution >= 0.6 is 24.8 Å². The molecule has 1 aliphatic rings. The molecule has 7 nitrogen and oxygen atoms in total. The van der Waals surface area contributed by atoms with Gasteiger partial charge in [-0.1, -0.05) is 26.0 Å². The molecule has 0 radical (unpaired) electrons. The molecule has 3 rings (SSSR count). The molecule has 9 heteroatoms. The summed E-state index contributed by atoms with van der Waals surface area (Å²) in [6.45, 7) is 15.5. The van der Waals surface area contributed by atoms with Gasteiger partial charge in [0.05, 0.1) is 5.52 Å². The van der Waals surface area contributed by atoms with Gasteiger partial charge in [0.1, 0.15) is 18.1 Å². The van der Waals surface area contributed by atoms with Crippen LogP contribution in [0.3, 0.4) is 0 Å². The average molecular weight is 560 g/mol. The Hall–Kier alpha value is -1.51. The Balaban J connectivity index is 0.00000342. The predicted octanol–water partition coefficient (Wildman–Crippen LogP) is 5.23. The van der Waals surface area contributed by atoms with E-state index >= 15 is 0 Å². The van der Waals surface area contributed by atoms with Crippen LogP contribution in [0.25, 0.3) is 10.9 Å². The van der Waals surface area contributed by atoms with Gasteiger partial charge in [0.2, 0.25) is 0 Å². The number of nitrogens with zero attached hydrogens (tertiary/aromatic N) is 3. The normalized spacial score (nSPS) is 15.5. The van der Waals surface area contributed by atoms with E-state index in [1.807, 2.05) is 12.1 Å². The van der Waals surface area contributed by atoms with E-state index in [2.05, 4.69) is 59.5 Å². The third-order valence-electron chi connectivity index (χ3n) is 7.10. The fraction of sp³-hybridized carbons (Fsp3) is 0.679. The number of fused-ring (bicyclic) bond motifs is 1. The Bertz CT molecular complexity index is 928. The Morgan fingerprint density at radius 1 is 1.16 bits per heavy atom. The van der Waals surface area contributed by atoms with Crippen LogP contribution in [-0.2, 0) is 11.3 Å². The molecule has 0 bridgehead atoms. The van der Waals surface area contributed by atoms with Gasteiger partial charge in [0.25, 0.3) is 5.91 Å². The molecule has 1 aromatic carbocycles. The van der Waals surface area contributed by atoms with Crippen molar-refractivity contribution in [2.24, 2.45) is 0 Å². The van der Waals surface area contributed by atoms with E-state index < -0.39 is 0 Å². The summed E-state index contributed by atoms with van der Waals surface area (Å²) in [5.74, 6) is 0.974. The summed E-state index contributed by atoms with van der Waals surface area (Å²) in [7, 11) is 1.74. The van der Waals surface area contributed by atoms with Gasteiger partial charge >= 0.3 is 0 Å². The Labute approximate surface area is 236 Å². The zero-order valence-electron chi connectivity index (χ0n) is 23.3. The molecule has 1 fully saturated rings. The summed E-state index contributed by atoms with van der Waals surface area (Å²) < 4.78 is 13.8. The van der Waals surface area contributed by atoms with Gasteiger partial charge in [-0.2, -0.15) is 0 Å². The van der Waals surface area contributed by atoms with Crippen LogP contribution in [0.2, 0.25) is 0 Å². The van der Waals surface area contributed by atoms with Gasteiger partial charge in [-0.3, -0.25) is 4.79 Å². The molecule has 1 aliphatic heterocycles. The van der Waals surface area contributed by atoms with Gasteiger partial charge in [0, 0.05) is 50.8 Å². The lowest BCUT2D eigenvalue weighted by molar-refractivity contribution is 0.0562. The molecule has 0 aliphatic carbocycles. The lowest BCUT2D eigenvalue weighted by Crippen LogP contribution is -2.52. The second-order valence-corrected chi connectivity index (χ2v) is 9.76. The second kappa shape index (κ2) is 17.2. The van der Waals surface area contributed by atoms with E-state index in [9.17, 15) is 4.79 Å². The van der Waals surface area contributed by atoms with E-state index in [1.165, 1.54) is 0 Å². The van der Waals surface area contributed by atoms with Crippen molar-refractivity contribution in [2.75, 3.05) is 53.0 Å². The number of nitrogens with one attached hydrogen (secondary N) is 1. The SMILES string of the molecule is CCN(CC)CCOc1cccc2cc(C(=O)N(C(C)C)[C@@H]3CCCNC3)n(CCCCOC)c12.Cl.Cl. The quantitative estimate of drug-likeness (QED) is 0.321. The van der Waals surface area contributed by atoms with Crippen molar-refractivity contribution >= 4 is 41.6 Å². The number of hydrogen-bond donors (Lipinski definition) is 1. The van der Waals surface area contributed by atoms with E-state index in [0.717, 1.165) is 93.9 Å². The maximum absolute atomic E-state index is 14.1. The van der Waals surface area contributed by atoms with Crippen LogP contribution in [0.15, 0.2) is 24.3 Å². The first-order valence-corrected chi connectivity index (χ1v) is 13.5. The molecule has 0 unspecified atom stereocenters. The third kappa shape index (κ3) is 8.75. The number of rotatable bonds is 14. The molecule has 212 valence electrons. The first-order valence-electron chi connectivity index (χ1n) is 13.5. The molecule has 37 heavy (non-hydrogen) atoms. The van der Waals surface area contributed by atoms with Crippen LogP contribution < -0.4 is 10.1 Å². The van der Waals surface area contributed by atoms with Crippen molar-refractivity contribution in [3.05, 3.63) is 30.0 Å². The first-order chi connectivity index (χ1) is 17.0. The molecular weight excluding hydrogens is 511 g/mol. The molecule has 1 saturated heterocycles. The number of aromatic nitrogens is 1.